The summed E-state index contributed by atoms with van der Waals surface area (Å²) in [5.41, 5.74) is -0.146. The summed E-state index contributed by atoms with van der Waals surface area (Å²) < 4.78 is 52.7. The monoisotopic (exact) mass is 579 g/mol. The van der Waals surface area contributed by atoms with Crippen molar-refractivity contribution in [3.63, 3.8) is 0 Å². The van der Waals surface area contributed by atoms with Crippen molar-refractivity contribution in [1.29, 1.82) is 0 Å². The lowest BCUT2D eigenvalue weighted by Gasteiger charge is -2.38. The molecule has 3 aromatic rings. The molecule has 0 spiro atoms. The van der Waals surface area contributed by atoms with Crippen LogP contribution in [0, 0.1) is 13.8 Å². The Balaban J connectivity index is 2.14. The number of carbonyl (C=O) groups is 2. The van der Waals surface area contributed by atoms with E-state index in [9.17, 15) is 22.8 Å². The molecule has 1 aromatic carbocycles. The molecule has 1 N–H and O–H groups in total. The summed E-state index contributed by atoms with van der Waals surface area (Å²) in [4.78, 5) is 26.4. The molecule has 39 heavy (non-hydrogen) atoms. The fourth-order valence-electron chi connectivity index (χ4n) is 4.56. The van der Waals surface area contributed by atoms with Gasteiger partial charge in [-0.05, 0) is 50.6 Å². The molecule has 1 aliphatic rings. The molecule has 0 fully saturated rings. The van der Waals surface area contributed by atoms with Gasteiger partial charge < -0.3 is 14.8 Å². The molecule has 0 bridgehead atoms. The van der Waals surface area contributed by atoms with Crippen LogP contribution in [-0.2, 0) is 37.2 Å². The van der Waals surface area contributed by atoms with Crippen molar-refractivity contribution in [3.8, 4) is 16.8 Å². The third kappa shape index (κ3) is 5.20. The number of benzene rings is 1. The van der Waals surface area contributed by atoms with Crippen molar-refractivity contribution in [1.82, 2.24) is 9.78 Å². The van der Waals surface area contributed by atoms with Gasteiger partial charge in [-0.15, -0.1) is 11.3 Å². The molecule has 7 nitrogen and oxygen atoms in total. The van der Waals surface area contributed by atoms with E-state index in [0.717, 1.165) is 45.2 Å². The van der Waals surface area contributed by atoms with Gasteiger partial charge in [-0.2, -0.15) is 18.3 Å². The number of carbonyl (C=O) groups excluding carboxylic acids is 2. The smallest absolute Gasteiger partial charge is 0.416 e. The van der Waals surface area contributed by atoms with E-state index < -0.39 is 29.2 Å². The Kier molecular flexibility index (Phi) is 7.68. The Morgan fingerprint density at radius 1 is 1.13 bits per heavy atom. The zero-order chi connectivity index (χ0) is 28.7. The number of nitrogens with zero attached hydrogens (tertiary/aromatic N) is 2. The van der Waals surface area contributed by atoms with Crippen molar-refractivity contribution in [2.24, 2.45) is 0 Å². The number of halogens is 4. The van der Waals surface area contributed by atoms with Crippen molar-refractivity contribution in [2.75, 3.05) is 19.5 Å². The molecular formula is C27H25ClF3N3O4S. The molecule has 0 amide bonds. The predicted molar refractivity (Wildman–Crippen MR) is 143 cm³/mol. The molecule has 1 atom stereocenters. The van der Waals surface area contributed by atoms with E-state index in [4.69, 9.17) is 26.2 Å². The third-order valence-corrected chi connectivity index (χ3v) is 7.60. The fourth-order valence-corrected chi connectivity index (χ4v) is 5.79. The summed E-state index contributed by atoms with van der Waals surface area (Å²) >= 11 is 8.16. The lowest BCUT2D eigenvalue weighted by Crippen LogP contribution is -2.38. The second-order valence-corrected chi connectivity index (χ2v) is 10.7. The van der Waals surface area contributed by atoms with E-state index in [-0.39, 0.29) is 16.3 Å². The number of methoxy groups -OCH3 is 2. The number of fused-ring (bicyclic) bond motifs is 3. The van der Waals surface area contributed by atoms with Gasteiger partial charge in [-0.25, -0.2) is 14.3 Å². The molecule has 4 rings (SSSR count). The van der Waals surface area contributed by atoms with E-state index in [1.807, 2.05) is 26.8 Å². The van der Waals surface area contributed by atoms with Crippen LogP contribution in [0.3, 0.4) is 0 Å². The molecule has 3 heterocycles. The number of nitrogens with one attached hydrogen (secondary N) is 1. The van der Waals surface area contributed by atoms with Crippen LogP contribution in [0.25, 0.3) is 16.8 Å². The maximum absolute atomic E-state index is 13.9. The number of aryl methyl sites for hydroxylation is 3. The summed E-state index contributed by atoms with van der Waals surface area (Å²) in [6, 6.07) is 3.77. The number of ether oxygens (including phenoxy) is 2. The van der Waals surface area contributed by atoms with E-state index in [1.54, 1.807) is 11.3 Å². The Morgan fingerprint density at radius 2 is 1.74 bits per heavy atom. The molecule has 206 valence electrons. The highest BCUT2D eigenvalue weighted by atomic mass is 35.5. The first kappa shape index (κ1) is 28.4. The molecule has 1 aliphatic heterocycles. The standard InChI is InChI=1S/C27H25ClF3N3O4S/c1-6-20-23(17-11-14(2)39-15(17)3)25-32-26(9-7-21(35)37-4,10-8-22(36)38-5)18-12-16(27(29,30)31)13-19(28)24(18)34(25)33-20/h7-13,32H,6H2,1-5H3/b9-7-,10-8+. The molecule has 0 saturated heterocycles. The maximum atomic E-state index is 13.9. The lowest BCUT2D eigenvalue weighted by atomic mass is 9.84. The fraction of sp³-hybridized carbons (Fsp3) is 0.296. The number of rotatable bonds is 6. The summed E-state index contributed by atoms with van der Waals surface area (Å²) in [6.07, 6.45) is 0.578. The first-order valence-electron chi connectivity index (χ1n) is 11.8. The van der Waals surface area contributed by atoms with Gasteiger partial charge in [0.2, 0.25) is 0 Å². The van der Waals surface area contributed by atoms with Crippen molar-refractivity contribution in [2.45, 2.75) is 38.9 Å². The summed E-state index contributed by atoms with van der Waals surface area (Å²) in [6.45, 7) is 5.87. The molecule has 0 saturated carbocycles. The van der Waals surface area contributed by atoms with Gasteiger partial charge in [-0.1, -0.05) is 18.5 Å². The summed E-state index contributed by atoms with van der Waals surface area (Å²) in [5, 5.41) is 7.81. The molecule has 1 unspecified atom stereocenters. The van der Waals surface area contributed by atoms with E-state index in [2.05, 4.69) is 5.32 Å². The number of alkyl halides is 3. The number of hydrogen-bond donors (Lipinski definition) is 1. The minimum absolute atomic E-state index is 0.0186. The highest BCUT2D eigenvalue weighted by Crippen LogP contribution is 2.49. The number of aromatic nitrogens is 2. The van der Waals surface area contributed by atoms with Gasteiger partial charge in [0.05, 0.1) is 36.2 Å². The van der Waals surface area contributed by atoms with Crippen LogP contribution >= 0.6 is 22.9 Å². The zero-order valence-electron chi connectivity index (χ0n) is 21.7. The van der Waals surface area contributed by atoms with Crippen molar-refractivity contribution < 1.29 is 32.2 Å². The SMILES string of the molecule is CCc1nn2c(c1-c1cc(C)sc1C)NC(/C=C\C(=O)OC)(/C=C/C(=O)OC)c1cc(C(F)(F)F)cc(Cl)c1-2. The minimum Gasteiger partial charge on any atom is -0.466 e. The average Bonchev–Trinajstić information content (AvgIpc) is 3.42. The summed E-state index contributed by atoms with van der Waals surface area (Å²) in [5.74, 6) is -1.06. The van der Waals surface area contributed by atoms with Gasteiger partial charge >= 0.3 is 18.1 Å². The zero-order valence-corrected chi connectivity index (χ0v) is 23.3. The third-order valence-electron chi connectivity index (χ3n) is 6.34. The average molecular weight is 580 g/mol. The van der Waals surface area contributed by atoms with Crippen molar-refractivity contribution in [3.05, 3.63) is 74.1 Å². The highest BCUT2D eigenvalue weighted by molar-refractivity contribution is 7.12. The van der Waals surface area contributed by atoms with Crippen LogP contribution in [0.1, 0.15) is 33.5 Å². The largest absolute Gasteiger partial charge is 0.466 e. The van der Waals surface area contributed by atoms with Crippen LogP contribution in [0.4, 0.5) is 19.0 Å². The maximum Gasteiger partial charge on any atom is 0.416 e. The second-order valence-electron chi connectivity index (χ2n) is 8.82. The van der Waals surface area contributed by atoms with Gasteiger partial charge in [0, 0.05) is 38.6 Å². The Bertz CT molecular complexity index is 1500. The Morgan fingerprint density at radius 3 is 2.23 bits per heavy atom. The van der Waals surface area contributed by atoms with E-state index >= 15 is 0 Å². The molecule has 0 radical (unpaired) electrons. The number of esters is 2. The van der Waals surface area contributed by atoms with Gasteiger partial charge in [0.15, 0.2) is 0 Å². The Hall–Kier alpha value is -3.57. The molecular weight excluding hydrogens is 555 g/mol. The number of thiophene rings is 1. The first-order chi connectivity index (χ1) is 18.3. The van der Waals surface area contributed by atoms with E-state index in [0.29, 0.717) is 17.9 Å². The van der Waals surface area contributed by atoms with Crippen molar-refractivity contribution >= 4 is 40.7 Å². The number of hydrogen-bond acceptors (Lipinski definition) is 7. The van der Waals surface area contributed by atoms with Gasteiger partial charge in [0.1, 0.15) is 11.4 Å². The normalized spacial score (nSPS) is 16.7. The van der Waals surface area contributed by atoms with Crippen LogP contribution in [0.15, 0.2) is 42.5 Å². The highest BCUT2D eigenvalue weighted by Gasteiger charge is 2.42. The summed E-state index contributed by atoms with van der Waals surface area (Å²) in [7, 11) is 2.35. The van der Waals surface area contributed by atoms with Crippen LogP contribution < -0.4 is 5.32 Å². The molecule has 0 aliphatic carbocycles. The van der Waals surface area contributed by atoms with Crippen LogP contribution in [0.2, 0.25) is 5.02 Å². The van der Waals surface area contributed by atoms with E-state index in [1.165, 1.54) is 31.1 Å². The second kappa shape index (κ2) is 10.5. The number of anilines is 1. The minimum atomic E-state index is -4.72. The molecule has 12 heteroatoms. The first-order valence-corrected chi connectivity index (χ1v) is 13.0. The van der Waals surface area contributed by atoms with Gasteiger partial charge in [-0.3, -0.25) is 0 Å². The quantitative estimate of drug-likeness (QED) is 0.264. The topological polar surface area (TPSA) is 82.5 Å². The predicted octanol–water partition coefficient (Wildman–Crippen LogP) is 6.53. The van der Waals surface area contributed by atoms with Gasteiger partial charge in [0.25, 0.3) is 0 Å². The molecule has 2 aromatic heterocycles. The van der Waals surface area contributed by atoms with Crippen LogP contribution in [-0.4, -0.2) is 35.9 Å². The lowest BCUT2D eigenvalue weighted by molar-refractivity contribution is -0.138. The Labute approximate surface area is 231 Å². The van der Waals surface area contributed by atoms with Crippen LogP contribution in [0.5, 0.6) is 0 Å².